The monoisotopic (exact) mass is 271 g/mol. The second kappa shape index (κ2) is 6.04. The SMILES string of the molecule is Fc1cc(-c2ccccc2)cnc1OC1CCCCC1. The maximum atomic E-state index is 14.1. The van der Waals surface area contributed by atoms with Gasteiger partial charge in [-0.05, 0) is 37.3 Å². The molecule has 2 aromatic rings. The quantitative estimate of drug-likeness (QED) is 0.814. The van der Waals surface area contributed by atoms with E-state index in [2.05, 4.69) is 4.98 Å². The summed E-state index contributed by atoms with van der Waals surface area (Å²) in [4.78, 5) is 4.15. The molecule has 1 aliphatic rings. The van der Waals surface area contributed by atoms with Crippen LogP contribution >= 0.6 is 0 Å². The number of ether oxygens (including phenoxy) is 1. The second-order valence-corrected chi connectivity index (χ2v) is 5.25. The van der Waals surface area contributed by atoms with Gasteiger partial charge in [0.2, 0.25) is 0 Å². The van der Waals surface area contributed by atoms with Crippen molar-refractivity contribution in [2.75, 3.05) is 0 Å². The van der Waals surface area contributed by atoms with Crippen molar-refractivity contribution in [1.29, 1.82) is 0 Å². The number of hydrogen-bond acceptors (Lipinski definition) is 2. The van der Waals surface area contributed by atoms with Crippen molar-refractivity contribution in [2.24, 2.45) is 0 Å². The van der Waals surface area contributed by atoms with Gasteiger partial charge in [-0.2, -0.15) is 0 Å². The second-order valence-electron chi connectivity index (χ2n) is 5.25. The van der Waals surface area contributed by atoms with E-state index in [4.69, 9.17) is 4.74 Å². The normalized spacial score (nSPS) is 16.1. The summed E-state index contributed by atoms with van der Waals surface area (Å²) in [6.45, 7) is 0. The highest BCUT2D eigenvalue weighted by molar-refractivity contribution is 5.62. The molecule has 104 valence electrons. The Morgan fingerprint density at radius 3 is 2.45 bits per heavy atom. The maximum Gasteiger partial charge on any atom is 0.250 e. The summed E-state index contributed by atoms with van der Waals surface area (Å²) in [6.07, 6.45) is 7.37. The van der Waals surface area contributed by atoms with E-state index < -0.39 is 0 Å². The van der Waals surface area contributed by atoms with Gasteiger partial charge in [-0.25, -0.2) is 9.37 Å². The minimum atomic E-state index is -0.378. The topological polar surface area (TPSA) is 22.1 Å². The molecule has 0 aliphatic heterocycles. The summed E-state index contributed by atoms with van der Waals surface area (Å²) in [5.41, 5.74) is 1.74. The van der Waals surface area contributed by atoms with Crippen LogP contribution < -0.4 is 4.74 Å². The minimum Gasteiger partial charge on any atom is -0.472 e. The third kappa shape index (κ3) is 2.98. The molecule has 3 rings (SSSR count). The molecule has 0 N–H and O–H groups in total. The molecule has 3 heteroatoms. The van der Waals surface area contributed by atoms with Crippen LogP contribution in [-0.4, -0.2) is 11.1 Å². The molecule has 0 amide bonds. The van der Waals surface area contributed by atoms with Crippen molar-refractivity contribution in [3.05, 3.63) is 48.4 Å². The molecule has 0 radical (unpaired) electrons. The van der Waals surface area contributed by atoms with E-state index in [9.17, 15) is 4.39 Å². The van der Waals surface area contributed by atoms with Crippen molar-refractivity contribution in [3.63, 3.8) is 0 Å². The molecule has 1 aromatic heterocycles. The van der Waals surface area contributed by atoms with Gasteiger partial charge >= 0.3 is 0 Å². The molecule has 0 unspecified atom stereocenters. The van der Waals surface area contributed by atoms with E-state index in [0.29, 0.717) is 0 Å². The van der Waals surface area contributed by atoms with Crippen LogP contribution in [0.2, 0.25) is 0 Å². The molecule has 1 aliphatic carbocycles. The Morgan fingerprint density at radius 2 is 1.75 bits per heavy atom. The number of rotatable bonds is 3. The van der Waals surface area contributed by atoms with Gasteiger partial charge < -0.3 is 4.74 Å². The van der Waals surface area contributed by atoms with Gasteiger partial charge in [0, 0.05) is 11.8 Å². The predicted molar refractivity (Wildman–Crippen MR) is 77.1 cm³/mol. The van der Waals surface area contributed by atoms with E-state index in [1.807, 2.05) is 30.3 Å². The van der Waals surface area contributed by atoms with Crippen molar-refractivity contribution >= 4 is 0 Å². The van der Waals surface area contributed by atoms with Crippen molar-refractivity contribution in [3.8, 4) is 17.0 Å². The van der Waals surface area contributed by atoms with Crippen LogP contribution in [-0.2, 0) is 0 Å². The van der Waals surface area contributed by atoms with Gasteiger partial charge in [0.1, 0.15) is 6.10 Å². The first kappa shape index (κ1) is 13.1. The molecule has 0 spiro atoms. The number of aromatic nitrogens is 1. The number of pyridine rings is 1. The zero-order valence-electron chi connectivity index (χ0n) is 11.4. The number of halogens is 1. The molecular formula is C17H18FNO. The molecule has 0 saturated heterocycles. The van der Waals surface area contributed by atoms with Gasteiger partial charge in [0.15, 0.2) is 5.82 Å². The van der Waals surface area contributed by atoms with Gasteiger partial charge in [-0.3, -0.25) is 0 Å². The molecule has 1 aromatic carbocycles. The van der Waals surface area contributed by atoms with Gasteiger partial charge in [0.25, 0.3) is 5.88 Å². The van der Waals surface area contributed by atoms with E-state index in [0.717, 1.165) is 36.8 Å². The van der Waals surface area contributed by atoms with Crippen molar-refractivity contribution < 1.29 is 9.13 Å². The lowest BCUT2D eigenvalue weighted by Crippen LogP contribution is -2.20. The van der Waals surface area contributed by atoms with Gasteiger partial charge in [0.05, 0.1) is 0 Å². The lowest BCUT2D eigenvalue weighted by Gasteiger charge is -2.22. The van der Waals surface area contributed by atoms with Crippen LogP contribution in [0.25, 0.3) is 11.1 Å². The highest BCUT2D eigenvalue weighted by Crippen LogP contribution is 2.26. The number of hydrogen-bond donors (Lipinski definition) is 0. The van der Waals surface area contributed by atoms with E-state index >= 15 is 0 Å². The fourth-order valence-corrected chi connectivity index (χ4v) is 2.64. The number of benzene rings is 1. The molecule has 2 nitrogen and oxygen atoms in total. The average Bonchev–Trinajstić information content (AvgIpc) is 2.51. The standard InChI is InChI=1S/C17H18FNO/c18-16-11-14(13-7-3-1-4-8-13)12-19-17(16)20-15-9-5-2-6-10-15/h1,3-4,7-8,11-12,15H,2,5-6,9-10H2. The Labute approximate surface area is 118 Å². The molecule has 1 fully saturated rings. The largest absolute Gasteiger partial charge is 0.472 e. The molecule has 1 heterocycles. The summed E-state index contributed by atoms with van der Waals surface area (Å²) >= 11 is 0. The summed E-state index contributed by atoms with van der Waals surface area (Å²) < 4.78 is 19.8. The van der Waals surface area contributed by atoms with Crippen LogP contribution in [0.1, 0.15) is 32.1 Å². The van der Waals surface area contributed by atoms with Crippen LogP contribution in [0.3, 0.4) is 0 Å². The summed E-state index contributed by atoms with van der Waals surface area (Å²) in [7, 11) is 0. The van der Waals surface area contributed by atoms with Crippen molar-refractivity contribution in [1.82, 2.24) is 4.98 Å². The van der Waals surface area contributed by atoms with Crippen molar-refractivity contribution in [2.45, 2.75) is 38.2 Å². The van der Waals surface area contributed by atoms with Gasteiger partial charge in [-0.15, -0.1) is 0 Å². The lowest BCUT2D eigenvalue weighted by molar-refractivity contribution is 0.142. The summed E-state index contributed by atoms with van der Waals surface area (Å²) in [5.74, 6) is -0.242. The Balaban J connectivity index is 1.77. The van der Waals surface area contributed by atoms with Gasteiger partial charge in [-0.1, -0.05) is 36.8 Å². The summed E-state index contributed by atoms with van der Waals surface area (Å²) in [5, 5.41) is 0. The van der Waals surface area contributed by atoms with Crippen LogP contribution in [0.4, 0.5) is 4.39 Å². The molecule has 0 atom stereocenters. The minimum absolute atomic E-state index is 0.119. The molecular weight excluding hydrogens is 253 g/mol. The first-order chi connectivity index (χ1) is 9.83. The predicted octanol–water partition coefficient (Wildman–Crippen LogP) is 4.60. The van der Waals surface area contributed by atoms with E-state index in [1.165, 1.54) is 12.5 Å². The summed E-state index contributed by atoms with van der Waals surface area (Å²) in [6, 6.07) is 11.2. The lowest BCUT2D eigenvalue weighted by atomic mass is 9.98. The zero-order valence-corrected chi connectivity index (χ0v) is 11.4. The fourth-order valence-electron chi connectivity index (χ4n) is 2.64. The smallest absolute Gasteiger partial charge is 0.250 e. The first-order valence-electron chi connectivity index (χ1n) is 7.20. The third-order valence-corrected chi connectivity index (χ3v) is 3.75. The highest BCUT2D eigenvalue weighted by atomic mass is 19.1. The molecule has 0 bridgehead atoms. The fraction of sp³-hybridized carbons (Fsp3) is 0.353. The van der Waals surface area contributed by atoms with Crippen LogP contribution in [0.5, 0.6) is 5.88 Å². The van der Waals surface area contributed by atoms with Crippen LogP contribution in [0.15, 0.2) is 42.6 Å². The average molecular weight is 271 g/mol. The Hall–Kier alpha value is -1.90. The maximum absolute atomic E-state index is 14.1. The highest BCUT2D eigenvalue weighted by Gasteiger charge is 2.17. The Morgan fingerprint density at radius 1 is 1.00 bits per heavy atom. The zero-order chi connectivity index (χ0) is 13.8. The van der Waals surface area contributed by atoms with E-state index in [1.54, 1.807) is 6.20 Å². The molecule has 20 heavy (non-hydrogen) atoms. The first-order valence-corrected chi connectivity index (χ1v) is 7.20. The molecule has 1 saturated carbocycles. The number of nitrogens with zero attached hydrogens (tertiary/aromatic N) is 1. The Bertz CT molecular complexity index is 564. The third-order valence-electron chi connectivity index (χ3n) is 3.75. The Kier molecular flexibility index (Phi) is 3.95. The van der Waals surface area contributed by atoms with E-state index in [-0.39, 0.29) is 17.8 Å². The van der Waals surface area contributed by atoms with Crippen LogP contribution in [0, 0.1) is 5.82 Å².